The minimum absolute atomic E-state index is 0.197. The highest BCUT2D eigenvalue weighted by atomic mass is 16.4. The second-order valence-electron chi connectivity index (χ2n) is 6.10. The maximum atomic E-state index is 10.4. The lowest BCUT2D eigenvalue weighted by molar-refractivity contribution is -0.131. The van der Waals surface area contributed by atoms with E-state index in [9.17, 15) is 4.79 Å². The number of carbonyl (C=O) groups is 1. The smallest absolute Gasteiger partial charge is 0.327 e. The maximum absolute atomic E-state index is 10.4. The van der Waals surface area contributed by atoms with Crippen molar-refractivity contribution < 1.29 is 9.90 Å². The van der Waals surface area contributed by atoms with Gasteiger partial charge in [-0.15, -0.1) is 0 Å². The second kappa shape index (κ2) is 9.19. The highest BCUT2D eigenvalue weighted by Crippen LogP contribution is 2.24. The molecule has 0 bridgehead atoms. The molecule has 1 atom stereocenters. The van der Waals surface area contributed by atoms with Crippen LogP contribution in [0.15, 0.2) is 36.4 Å². The quantitative estimate of drug-likeness (QED) is 0.507. The normalized spacial score (nSPS) is 12.7. The summed E-state index contributed by atoms with van der Waals surface area (Å²) in [7, 11) is 0. The minimum atomic E-state index is -0.915. The summed E-state index contributed by atoms with van der Waals surface area (Å²) in [5, 5.41) is 16.9. The molecule has 0 heterocycles. The van der Waals surface area contributed by atoms with Crippen LogP contribution in [0.3, 0.4) is 0 Å². The van der Waals surface area contributed by atoms with Crippen molar-refractivity contribution in [3.8, 4) is 0 Å². The van der Waals surface area contributed by atoms with Gasteiger partial charge in [0.2, 0.25) is 0 Å². The molecule has 0 spiro atoms. The summed E-state index contributed by atoms with van der Waals surface area (Å²) < 4.78 is 0. The third-order valence-corrected chi connectivity index (χ3v) is 3.82. The van der Waals surface area contributed by atoms with Crippen molar-refractivity contribution in [2.45, 2.75) is 52.4 Å². The fourth-order valence-corrected chi connectivity index (χ4v) is 2.48. The summed E-state index contributed by atoms with van der Waals surface area (Å²) in [6, 6.07) is 8.20. The van der Waals surface area contributed by atoms with Gasteiger partial charge in [-0.25, -0.2) is 4.79 Å². The third kappa shape index (κ3) is 6.25. The number of rotatable bonds is 9. The van der Waals surface area contributed by atoms with Crippen molar-refractivity contribution >= 4 is 11.7 Å². The van der Waals surface area contributed by atoms with Crippen molar-refractivity contribution in [3.63, 3.8) is 0 Å². The summed E-state index contributed by atoms with van der Waals surface area (Å²) in [6.45, 7) is 6.50. The number of benzene rings is 1. The predicted octanol–water partition coefficient (Wildman–Crippen LogP) is 4.82. The highest BCUT2D eigenvalue weighted by molar-refractivity contribution is 5.88. The van der Waals surface area contributed by atoms with E-state index >= 15 is 0 Å². The lowest BCUT2D eigenvalue weighted by atomic mass is 9.87. The van der Waals surface area contributed by atoms with E-state index in [1.165, 1.54) is 11.6 Å². The Balaban J connectivity index is 2.69. The Kier molecular flexibility index (Phi) is 7.58. The van der Waals surface area contributed by atoms with Crippen molar-refractivity contribution in [1.29, 1.82) is 5.41 Å². The van der Waals surface area contributed by atoms with E-state index in [2.05, 4.69) is 32.9 Å². The predicted molar refractivity (Wildman–Crippen MR) is 91.8 cm³/mol. The number of hydrogen-bond donors (Lipinski definition) is 2. The van der Waals surface area contributed by atoms with Crippen LogP contribution < -0.4 is 0 Å². The first-order chi connectivity index (χ1) is 10.4. The molecule has 3 nitrogen and oxygen atoms in total. The van der Waals surface area contributed by atoms with Gasteiger partial charge in [0.15, 0.2) is 0 Å². The molecular formula is C19H27NO2. The van der Waals surface area contributed by atoms with E-state index in [-0.39, 0.29) is 5.92 Å². The lowest BCUT2D eigenvalue weighted by Gasteiger charge is -2.18. The highest BCUT2D eigenvalue weighted by Gasteiger charge is 2.15. The number of carboxylic acid groups (broad SMARTS) is 1. The van der Waals surface area contributed by atoms with Crippen molar-refractivity contribution in [2.24, 2.45) is 5.92 Å². The topological polar surface area (TPSA) is 61.2 Å². The fourth-order valence-electron chi connectivity index (χ4n) is 2.48. The Morgan fingerprint density at radius 3 is 2.41 bits per heavy atom. The molecule has 2 N–H and O–H groups in total. The largest absolute Gasteiger partial charge is 0.478 e. The molecule has 0 saturated carbocycles. The van der Waals surface area contributed by atoms with Gasteiger partial charge in [-0.2, -0.15) is 0 Å². The van der Waals surface area contributed by atoms with Crippen LogP contribution in [0.25, 0.3) is 0 Å². The molecule has 3 heteroatoms. The Labute approximate surface area is 133 Å². The van der Waals surface area contributed by atoms with Crippen LogP contribution in [0.2, 0.25) is 0 Å². The zero-order chi connectivity index (χ0) is 16.5. The Hall–Kier alpha value is -1.90. The van der Waals surface area contributed by atoms with Crippen LogP contribution in [0, 0.1) is 11.3 Å². The van der Waals surface area contributed by atoms with Crippen LogP contribution in [-0.4, -0.2) is 16.8 Å². The van der Waals surface area contributed by atoms with Gasteiger partial charge in [0, 0.05) is 17.7 Å². The van der Waals surface area contributed by atoms with E-state index in [1.54, 1.807) is 6.08 Å². The molecular weight excluding hydrogens is 274 g/mol. The van der Waals surface area contributed by atoms with E-state index in [1.807, 2.05) is 12.1 Å². The molecule has 0 unspecified atom stereocenters. The van der Waals surface area contributed by atoms with Gasteiger partial charge >= 0.3 is 5.97 Å². The summed E-state index contributed by atoms with van der Waals surface area (Å²) >= 11 is 0. The molecule has 0 fully saturated rings. The van der Waals surface area contributed by atoms with Crippen molar-refractivity contribution in [1.82, 2.24) is 0 Å². The van der Waals surface area contributed by atoms with E-state index in [0.29, 0.717) is 12.3 Å². The van der Waals surface area contributed by atoms with Crippen LogP contribution in [-0.2, 0) is 11.2 Å². The van der Waals surface area contributed by atoms with Crippen LogP contribution in [0.4, 0.5) is 0 Å². The average molecular weight is 301 g/mol. The number of hydrogen-bond acceptors (Lipinski definition) is 2. The monoisotopic (exact) mass is 301 g/mol. The van der Waals surface area contributed by atoms with Gasteiger partial charge < -0.3 is 10.5 Å². The van der Waals surface area contributed by atoms with Crippen molar-refractivity contribution in [2.75, 3.05) is 0 Å². The molecule has 0 aliphatic heterocycles. The average Bonchev–Trinajstić information content (AvgIpc) is 2.47. The van der Waals surface area contributed by atoms with Crippen molar-refractivity contribution in [3.05, 3.63) is 47.5 Å². The molecule has 22 heavy (non-hydrogen) atoms. The van der Waals surface area contributed by atoms with Crippen LogP contribution >= 0.6 is 0 Å². The Morgan fingerprint density at radius 1 is 1.27 bits per heavy atom. The van der Waals surface area contributed by atoms with Crippen LogP contribution in [0.5, 0.6) is 0 Å². The molecule has 0 amide bonds. The fraction of sp³-hybridized carbons (Fsp3) is 0.474. The number of nitrogens with one attached hydrogen (secondary N) is 1. The maximum Gasteiger partial charge on any atom is 0.327 e. The van der Waals surface area contributed by atoms with Crippen LogP contribution in [0.1, 0.15) is 57.1 Å². The SMILES string of the molecule is CC[C@H](C(=N)CCC(C)C)c1ccc(C/C=C/C(=O)O)cc1. The standard InChI is InChI=1S/C19H27NO2/c1-4-17(18(20)13-8-14(2)3)16-11-9-15(10-12-16)6-5-7-19(21)22/h5,7,9-12,14,17,20H,4,6,8,13H2,1-3H3,(H,21,22)/b7-5+,20-18?/t17-/m0/s1. The Bertz CT molecular complexity index is 515. The zero-order valence-electron chi connectivity index (χ0n) is 13.8. The van der Waals surface area contributed by atoms with Gasteiger partial charge in [-0.1, -0.05) is 51.1 Å². The summed E-state index contributed by atoms with van der Waals surface area (Å²) in [5.41, 5.74) is 3.08. The molecule has 1 aromatic carbocycles. The molecule has 1 rings (SSSR count). The molecule has 1 aromatic rings. The van der Waals surface area contributed by atoms with E-state index in [4.69, 9.17) is 10.5 Å². The summed E-state index contributed by atoms with van der Waals surface area (Å²) in [4.78, 5) is 10.4. The van der Waals surface area contributed by atoms with E-state index in [0.717, 1.165) is 30.5 Å². The van der Waals surface area contributed by atoms with Gasteiger partial charge in [0.05, 0.1) is 0 Å². The number of aliphatic carboxylic acids is 1. The molecule has 0 radical (unpaired) electrons. The molecule has 120 valence electrons. The third-order valence-electron chi connectivity index (χ3n) is 3.82. The minimum Gasteiger partial charge on any atom is -0.478 e. The molecule has 0 saturated heterocycles. The second-order valence-corrected chi connectivity index (χ2v) is 6.10. The van der Waals surface area contributed by atoms with E-state index < -0.39 is 5.97 Å². The molecule has 0 aliphatic carbocycles. The Morgan fingerprint density at radius 2 is 1.91 bits per heavy atom. The first-order valence-electron chi connectivity index (χ1n) is 7.99. The van der Waals surface area contributed by atoms with Gasteiger partial charge in [0.25, 0.3) is 0 Å². The summed E-state index contributed by atoms with van der Waals surface area (Å²) in [6.07, 6.45) is 6.31. The number of allylic oxidation sites excluding steroid dienone is 1. The van der Waals surface area contributed by atoms with Gasteiger partial charge in [-0.05, 0) is 42.7 Å². The first-order valence-corrected chi connectivity index (χ1v) is 7.99. The summed E-state index contributed by atoms with van der Waals surface area (Å²) in [5.74, 6) is -0.0927. The lowest BCUT2D eigenvalue weighted by Crippen LogP contribution is -2.12. The zero-order valence-corrected chi connectivity index (χ0v) is 13.8. The molecule has 0 aromatic heterocycles. The molecule has 0 aliphatic rings. The van der Waals surface area contributed by atoms with Gasteiger partial charge in [0.1, 0.15) is 0 Å². The first kappa shape index (κ1) is 18.1. The van der Waals surface area contributed by atoms with Gasteiger partial charge in [-0.3, -0.25) is 0 Å². The number of carboxylic acids is 1.